The van der Waals surface area contributed by atoms with Crippen molar-refractivity contribution in [3.8, 4) is 17.2 Å². The maximum absolute atomic E-state index is 13.5. The Morgan fingerprint density at radius 1 is 1.06 bits per heavy atom. The predicted molar refractivity (Wildman–Crippen MR) is 119 cm³/mol. The van der Waals surface area contributed by atoms with Crippen LogP contribution < -0.4 is 19.1 Å². The molecule has 0 aromatic heterocycles. The molecule has 3 aliphatic rings. The molecule has 3 heterocycles. The number of hydrogen-bond donors (Lipinski definition) is 0. The summed E-state index contributed by atoms with van der Waals surface area (Å²) < 4.78 is 17.0. The Morgan fingerprint density at radius 2 is 1.88 bits per heavy atom. The summed E-state index contributed by atoms with van der Waals surface area (Å²) in [5, 5.41) is 0. The number of likely N-dealkylation sites (tertiary alicyclic amines) is 1. The fourth-order valence-corrected chi connectivity index (χ4v) is 4.96. The van der Waals surface area contributed by atoms with Crippen molar-refractivity contribution < 1.29 is 23.8 Å². The van der Waals surface area contributed by atoms with E-state index in [9.17, 15) is 9.59 Å². The summed E-state index contributed by atoms with van der Waals surface area (Å²) in [4.78, 5) is 29.9. The molecular formula is C25H28N2O5. The van der Waals surface area contributed by atoms with Gasteiger partial charge in [0, 0.05) is 25.9 Å². The Kier molecular flexibility index (Phi) is 5.64. The zero-order valence-corrected chi connectivity index (χ0v) is 18.3. The highest BCUT2D eigenvalue weighted by atomic mass is 16.5. The van der Waals surface area contributed by atoms with Gasteiger partial charge in [-0.2, -0.15) is 0 Å². The SMILES string of the molecule is COc1ccccc1N1C[C@H](C(=O)N2CCC[C@@H]2c2ccc3c(c2)OCCCO3)CC1=O. The van der Waals surface area contributed by atoms with Crippen LogP contribution in [0.2, 0.25) is 0 Å². The minimum atomic E-state index is -0.353. The van der Waals surface area contributed by atoms with Gasteiger partial charge >= 0.3 is 0 Å². The minimum absolute atomic E-state index is 0.00457. The van der Waals surface area contributed by atoms with Crippen LogP contribution in [0, 0.1) is 5.92 Å². The second-order valence-corrected chi connectivity index (χ2v) is 8.52. The highest BCUT2D eigenvalue weighted by Crippen LogP contribution is 2.40. The number of hydrogen-bond acceptors (Lipinski definition) is 5. The molecule has 0 aliphatic carbocycles. The largest absolute Gasteiger partial charge is 0.495 e. The molecule has 7 nitrogen and oxygen atoms in total. The third-order valence-corrected chi connectivity index (χ3v) is 6.54. The number of fused-ring (bicyclic) bond motifs is 1. The van der Waals surface area contributed by atoms with Crippen LogP contribution in [0.25, 0.3) is 0 Å². The predicted octanol–water partition coefficient (Wildman–Crippen LogP) is 3.57. The summed E-state index contributed by atoms with van der Waals surface area (Å²) >= 11 is 0. The Balaban J connectivity index is 1.34. The molecule has 3 aliphatic heterocycles. The molecule has 0 unspecified atom stereocenters. The van der Waals surface area contributed by atoms with E-state index in [4.69, 9.17) is 14.2 Å². The van der Waals surface area contributed by atoms with E-state index in [0.29, 0.717) is 32.1 Å². The molecule has 2 amide bonds. The molecule has 5 rings (SSSR count). The van der Waals surface area contributed by atoms with Crippen molar-refractivity contribution >= 4 is 17.5 Å². The number of ether oxygens (including phenoxy) is 3. The lowest BCUT2D eigenvalue weighted by atomic mass is 10.0. The van der Waals surface area contributed by atoms with Crippen molar-refractivity contribution in [2.75, 3.05) is 38.3 Å². The molecule has 0 bridgehead atoms. The third-order valence-electron chi connectivity index (χ3n) is 6.54. The molecule has 0 saturated carbocycles. The van der Waals surface area contributed by atoms with Crippen LogP contribution in [0.5, 0.6) is 17.2 Å². The van der Waals surface area contributed by atoms with E-state index in [2.05, 4.69) is 0 Å². The van der Waals surface area contributed by atoms with Crippen molar-refractivity contribution in [2.24, 2.45) is 5.92 Å². The Bertz CT molecular complexity index is 1020. The summed E-state index contributed by atoms with van der Waals surface area (Å²) in [7, 11) is 1.59. The van der Waals surface area contributed by atoms with Crippen molar-refractivity contribution in [1.82, 2.24) is 4.90 Å². The Labute approximate surface area is 187 Å². The highest BCUT2D eigenvalue weighted by molar-refractivity contribution is 6.01. The maximum Gasteiger partial charge on any atom is 0.228 e. The lowest BCUT2D eigenvalue weighted by molar-refractivity contribution is -0.136. The van der Waals surface area contributed by atoms with Gasteiger partial charge in [0.2, 0.25) is 11.8 Å². The van der Waals surface area contributed by atoms with Crippen LogP contribution in [0.3, 0.4) is 0 Å². The minimum Gasteiger partial charge on any atom is -0.495 e. The smallest absolute Gasteiger partial charge is 0.228 e. The van der Waals surface area contributed by atoms with Gasteiger partial charge in [0.15, 0.2) is 11.5 Å². The molecule has 2 saturated heterocycles. The van der Waals surface area contributed by atoms with Crippen molar-refractivity contribution in [3.05, 3.63) is 48.0 Å². The van der Waals surface area contributed by atoms with Crippen molar-refractivity contribution in [3.63, 3.8) is 0 Å². The third kappa shape index (κ3) is 3.76. The van der Waals surface area contributed by atoms with Gasteiger partial charge in [-0.3, -0.25) is 9.59 Å². The average Bonchev–Trinajstić information content (AvgIpc) is 3.39. The number of anilines is 1. The van der Waals surface area contributed by atoms with E-state index >= 15 is 0 Å². The van der Waals surface area contributed by atoms with E-state index in [-0.39, 0.29) is 30.2 Å². The number of methoxy groups -OCH3 is 1. The molecule has 7 heteroatoms. The van der Waals surface area contributed by atoms with Crippen LogP contribution in [0.15, 0.2) is 42.5 Å². The van der Waals surface area contributed by atoms with E-state index < -0.39 is 0 Å². The van der Waals surface area contributed by atoms with Crippen molar-refractivity contribution in [2.45, 2.75) is 31.7 Å². The molecule has 2 aromatic rings. The average molecular weight is 437 g/mol. The molecular weight excluding hydrogens is 408 g/mol. The number of carbonyl (C=O) groups excluding carboxylic acids is 2. The zero-order chi connectivity index (χ0) is 22.1. The van der Waals surface area contributed by atoms with Crippen LogP contribution in [-0.4, -0.2) is 50.1 Å². The van der Waals surface area contributed by atoms with E-state index in [0.717, 1.165) is 42.0 Å². The number of nitrogens with zero attached hydrogens (tertiary/aromatic N) is 2. The van der Waals surface area contributed by atoms with Crippen LogP contribution >= 0.6 is 0 Å². The fourth-order valence-electron chi connectivity index (χ4n) is 4.96. The van der Waals surface area contributed by atoms with Crippen LogP contribution in [0.1, 0.15) is 37.3 Å². The summed E-state index contributed by atoms with van der Waals surface area (Å²) in [5.41, 5.74) is 1.78. The summed E-state index contributed by atoms with van der Waals surface area (Å²) in [6.45, 7) is 2.37. The molecule has 0 N–H and O–H groups in total. The summed E-state index contributed by atoms with van der Waals surface area (Å²) in [5.74, 6) is 1.80. The second kappa shape index (κ2) is 8.73. The summed E-state index contributed by atoms with van der Waals surface area (Å²) in [6.07, 6.45) is 2.93. The van der Waals surface area contributed by atoms with Crippen LogP contribution in [-0.2, 0) is 9.59 Å². The Morgan fingerprint density at radius 3 is 2.72 bits per heavy atom. The Hall–Kier alpha value is -3.22. The molecule has 168 valence electrons. The van der Waals surface area contributed by atoms with Gasteiger partial charge in [-0.1, -0.05) is 18.2 Å². The van der Waals surface area contributed by atoms with Gasteiger partial charge in [-0.05, 0) is 42.7 Å². The van der Waals surface area contributed by atoms with Gasteiger partial charge in [0.25, 0.3) is 0 Å². The lowest BCUT2D eigenvalue weighted by Gasteiger charge is -2.28. The van der Waals surface area contributed by atoms with Gasteiger partial charge in [0.05, 0.1) is 38.0 Å². The molecule has 2 atom stereocenters. The second-order valence-electron chi connectivity index (χ2n) is 8.52. The van der Waals surface area contributed by atoms with Gasteiger partial charge in [-0.25, -0.2) is 0 Å². The number of amides is 2. The number of rotatable bonds is 4. The van der Waals surface area contributed by atoms with E-state index in [1.807, 2.05) is 47.4 Å². The monoisotopic (exact) mass is 436 g/mol. The standard InChI is InChI=1S/C25H28N2O5/c1-30-21-8-3-2-6-20(21)27-16-18(15-24(27)28)25(29)26-11-4-7-19(26)17-9-10-22-23(14-17)32-13-5-12-31-22/h2-3,6,8-10,14,18-19H,4-5,7,11-13,15-16H2,1H3/t18-,19-/m1/s1. The zero-order valence-electron chi connectivity index (χ0n) is 18.3. The molecule has 0 radical (unpaired) electrons. The fraction of sp³-hybridized carbons (Fsp3) is 0.440. The molecule has 2 fully saturated rings. The van der Waals surface area contributed by atoms with E-state index in [1.54, 1.807) is 12.0 Å². The first-order valence-corrected chi connectivity index (χ1v) is 11.3. The van der Waals surface area contributed by atoms with Gasteiger partial charge in [-0.15, -0.1) is 0 Å². The molecule has 32 heavy (non-hydrogen) atoms. The first-order valence-electron chi connectivity index (χ1n) is 11.3. The first kappa shape index (κ1) is 20.7. The first-order chi connectivity index (χ1) is 15.7. The number of para-hydroxylation sites is 2. The van der Waals surface area contributed by atoms with E-state index in [1.165, 1.54) is 0 Å². The lowest BCUT2D eigenvalue weighted by Crippen LogP contribution is -2.37. The van der Waals surface area contributed by atoms with Crippen molar-refractivity contribution in [1.29, 1.82) is 0 Å². The quantitative estimate of drug-likeness (QED) is 0.733. The topological polar surface area (TPSA) is 68.3 Å². The maximum atomic E-state index is 13.5. The van der Waals surface area contributed by atoms with Gasteiger partial charge in [0.1, 0.15) is 5.75 Å². The summed E-state index contributed by atoms with van der Waals surface area (Å²) in [6, 6.07) is 13.4. The molecule has 0 spiro atoms. The number of carbonyl (C=O) groups is 2. The normalized spacial score (nSPS) is 22.7. The number of benzene rings is 2. The van der Waals surface area contributed by atoms with Crippen LogP contribution in [0.4, 0.5) is 5.69 Å². The van der Waals surface area contributed by atoms with Gasteiger partial charge < -0.3 is 24.0 Å². The highest BCUT2D eigenvalue weighted by Gasteiger charge is 2.41. The molecule has 2 aromatic carbocycles.